The Bertz CT molecular complexity index is 526. The van der Waals surface area contributed by atoms with E-state index in [0.717, 1.165) is 27.8 Å². The fourth-order valence-electron chi connectivity index (χ4n) is 1.53. The number of aryl methyl sites for hydroxylation is 1. The fourth-order valence-corrected chi connectivity index (χ4v) is 1.70. The van der Waals surface area contributed by atoms with Crippen molar-refractivity contribution in [3.05, 3.63) is 47.1 Å². The van der Waals surface area contributed by atoms with Gasteiger partial charge in [0.25, 0.3) is 0 Å². The molecule has 0 radical (unpaired) electrons. The van der Waals surface area contributed by atoms with Crippen LogP contribution in [-0.4, -0.2) is 12.0 Å². The van der Waals surface area contributed by atoms with E-state index < -0.39 is 0 Å². The molecular formula is C13H14ClN3. The van der Waals surface area contributed by atoms with Crippen LogP contribution in [0, 0.1) is 6.92 Å². The van der Waals surface area contributed by atoms with Crippen molar-refractivity contribution in [1.29, 1.82) is 0 Å². The summed E-state index contributed by atoms with van der Waals surface area (Å²) in [5, 5.41) is 7.05. The highest BCUT2D eigenvalue weighted by Gasteiger charge is 2.01. The first-order chi connectivity index (χ1) is 8.19. The third-order valence-electron chi connectivity index (χ3n) is 2.49. The van der Waals surface area contributed by atoms with Crippen LogP contribution in [0.25, 0.3) is 0 Å². The Kier molecular flexibility index (Phi) is 3.49. The van der Waals surface area contributed by atoms with Gasteiger partial charge in [-0.2, -0.15) is 0 Å². The van der Waals surface area contributed by atoms with Crippen LogP contribution in [0.2, 0.25) is 5.02 Å². The molecule has 0 amide bonds. The maximum Gasteiger partial charge on any atom is 0.127 e. The molecule has 0 fully saturated rings. The SMILES string of the molecule is CNc1cc(Nc2cc(Cl)ccc2C)ccn1. The largest absolute Gasteiger partial charge is 0.373 e. The lowest BCUT2D eigenvalue weighted by molar-refractivity contribution is 1.28. The number of anilines is 3. The summed E-state index contributed by atoms with van der Waals surface area (Å²) in [4.78, 5) is 4.16. The summed E-state index contributed by atoms with van der Waals surface area (Å²) in [7, 11) is 1.84. The third kappa shape index (κ3) is 2.88. The van der Waals surface area contributed by atoms with Crippen LogP contribution in [0.1, 0.15) is 5.56 Å². The van der Waals surface area contributed by atoms with Crippen molar-refractivity contribution >= 4 is 28.8 Å². The standard InChI is InChI=1S/C13H14ClN3/c1-9-3-4-10(14)7-12(9)17-11-5-6-16-13(8-11)15-2/h3-8H,1-2H3,(H2,15,16,17). The van der Waals surface area contributed by atoms with E-state index in [0.29, 0.717) is 0 Å². The molecule has 0 saturated heterocycles. The molecule has 0 saturated carbocycles. The molecule has 4 heteroatoms. The number of hydrogen-bond acceptors (Lipinski definition) is 3. The van der Waals surface area contributed by atoms with Crippen molar-refractivity contribution in [2.45, 2.75) is 6.92 Å². The number of rotatable bonds is 3. The minimum Gasteiger partial charge on any atom is -0.373 e. The molecule has 17 heavy (non-hydrogen) atoms. The van der Waals surface area contributed by atoms with Gasteiger partial charge in [-0.15, -0.1) is 0 Å². The molecule has 0 aliphatic heterocycles. The average Bonchev–Trinajstić information content (AvgIpc) is 2.34. The van der Waals surface area contributed by atoms with Gasteiger partial charge in [0.15, 0.2) is 0 Å². The normalized spacial score (nSPS) is 10.1. The Morgan fingerprint density at radius 2 is 2.00 bits per heavy atom. The Morgan fingerprint density at radius 1 is 1.18 bits per heavy atom. The van der Waals surface area contributed by atoms with Crippen molar-refractivity contribution in [2.75, 3.05) is 17.7 Å². The second-order valence-electron chi connectivity index (χ2n) is 3.76. The summed E-state index contributed by atoms with van der Waals surface area (Å²) in [6.45, 7) is 2.04. The molecule has 0 atom stereocenters. The maximum atomic E-state index is 5.98. The lowest BCUT2D eigenvalue weighted by atomic mass is 10.2. The molecule has 2 N–H and O–H groups in total. The van der Waals surface area contributed by atoms with Gasteiger partial charge >= 0.3 is 0 Å². The van der Waals surface area contributed by atoms with E-state index in [1.807, 2.05) is 44.3 Å². The molecule has 1 aromatic carbocycles. The number of benzene rings is 1. The van der Waals surface area contributed by atoms with Gasteiger partial charge in [-0.3, -0.25) is 0 Å². The minimum absolute atomic E-state index is 0.723. The lowest BCUT2D eigenvalue weighted by Crippen LogP contribution is -1.96. The molecule has 2 rings (SSSR count). The van der Waals surface area contributed by atoms with Crippen LogP contribution in [0.4, 0.5) is 17.2 Å². The molecule has 0 unspecified atom stereocenters. The number of hydrogen-bond donors (Lipinski definition) is 2. The van der Waals surface area contributed by atoms with Crippen LogP contribution in [0.3, 0.4) is 0 Å². The van der Waals surface area contributed by atoms with E-state index in [9.17, 15) is 0 Å². The van der Waals surface area contributed by atoms with Gasteiger partial charge in [-0.05, 0) is 30.7 Å². The third-order valence-corrected chi connectivity index (χ3v) is 2.73. The van der Waals surface area contributed by atoms with Gasteiger partial charge in [0, 0.05) is 35.7 Å². The maximum absolute atomic E-state index is 5.98. The van der Waals surface area contributed by atoms with E-state index in [2.05, 4.69) is 15.6 Å². The lowest BCUT2D eigenvalue weighted by Gasteiger charge is -2.10. The predicted octanol–water partition coefficient (Wildman–Crippen LogP) is 3.83. The number of nitrogens with one attached hydrogen (secondary N) is 2. The second kappa shape index (κ2) is 5.06. The van der Waals surface area contributed by atoms with Gasteiger partial charge in [0.05, 0.1) is 0 Å². The summed E-state index contributed by atoms with van der Waals surface area (Å²) < 4.78 is 0. The van der Waals surface area contributed by atoms with Gasteiger partial charge in [0.1, 0.15) is 5.82 Å². The average molecular weight is 248 g/mol. The van der Waals surface area contributed by atoms with Crippen molar-refractivity contribution in [2.24, 2.45) is 0 Å². The zero-order valence-corrected chi connectivity index (χ0v) is 10.5. The first kappa shape index (κ1) is 11.7. The van der Waals surface area contributed by atoms with Crippen molar-refractivity contribution in [1.82, 2.24) is 4.98 Å². The Hall–Kier alpha value is -1.74. The molecule has 0 bridgehead atoms. The number of pyridine rings is 1. The van der Waals surface area contributed by atoms with Gasteiger partial charge < -0.3 is 10.6 Å². The van der Waals surface area contributed by atoms with E-state index in [1.165, 1.54) is 0 Å². The highest BCUT2D eigenvalue weighted by atomic mass is 35.5. The molecule has 0 aliphatic carbocycles. The summed E-state index contributed by atoms with van der Waals surface area (Å²) in [6.07, 6.45) is 1.76. The Balaban J connectivity index is 2.27. The molecule has 3 nitrogen and oxygen atoms in total. The van der Waals surface area contributed by atoms with Crippen LogP contribution in [0.15, 0.2) is 36.5 Å². The summed E-state index contributed by atoms with van der Waals surface area (Å²) in [6, 6.07) is 9.65. The van der Waals surface area contributed by atoms with Crippen LogP contribution < -0.4 is 10.6 Å². The second-order valence-corrected chi connectivity index (χ2v) is 4.20. The van der Waals surface area contributed by atoms with Crippen molar-refractivity contribution in [3.8, 4) is 0 Å². The van der Waals surface area contributed by atoms with Gasteiger partial charge in [0.2, 0.25) is 0 Å². The van der Waals surface area contributed by atoms with E-state index in [-0.39, 0.29) is 0 Å². The highest BCUT2D eigenvalue weighted by molar-refractivity contribution is 6.30. The first-order valence-corrected chi connectivity index (χ1v) is 5.74. The summed E-state index contributed by atoms with van der Waals surface area (Å²) in [5.41, 5.74) is 3.14. The predicted molar refractivity (Wildman–Crippen MR) is 73.3 cm³/mol. The molecule has 1 aromatic heterocycles. The molecule has 0 spiro atoms. The van der Waals surface area contributed by atoms with E-state index in [4.69, 9.17) is 11.6 Å². The van der Waals surface area contributed by atoms with Crippen LogP contribution in [0.5, 0.6) is 0 Å². The number of halogens is 1. The molecule has 2 aromatic rings. The van der Waals surface area contributed by atoms with E-state index >= 15 is 0 Å². The van der Waals surface area contributed by atoms with Crippen LogP contribution in [-0.2, 0) is 0 Å². The monoisotopic (exact) mass is 247 g/mol. The summed E-state index contributed by atoms with van der Waals surface area (Å²) >= 11 is 5.98. The molecule has 1 heterocycles. The van der Waals surface area contributed by atoms with Crippen molar-refractivity contribution in [3.63, 3.8) is 0 Å². The fraction of sp³-hybridized carbons (Fsp3) is 0.154. The number of nitrogens with zero attached hydrogens (tertiary/aromatic N) is 1. The zero-order chi connectivity index (χ0) is 12.3. The minimum atomic E-state index is 0.723. The van der Waals surface area contributed by atoms with Crippen molar-refractivity contribution < 1.29 is 0 Å². The highest BCUT2D eigenvalue weighted by Crippen LogP contribution is 2.24. The molecule has 0 aliphatic rings. The Labute approximate surface area is 106 Å². The van der Waals surface area contributed by atoms with E-state index in [1.54, 1.807) is 6.20 Å². The quantitative estimate of drug-likeness (QED) is 0.866. The molecule has 88 valence electrons. The topological polar surface area (TPSA) is 37.0 Å². The molecular weight excluding hydrogens is 234 g/mol. The van der Waals surface area contributed by atoms with Crippen LogP contribution >= 0.6 is 11.6 Å². The first-order valence-electron chi connectivity index (χ1n) is 5.36. The Morgan fingerprint density at radius 3 is 2.76 bits per heavy atom. The van der Waals surface area contributed by atoms with Gasteiger partial charge in [-0.1, -0.05) is 17.7 Å². The zero-order valence-electron chi connectivity index (χ0n) is 9.79. The smallest absolute Gasteiger partial charge is 0.127 e. The van der Waals surface area contributed by atoms with Gasteiger partial charge in [-0.25, -0.2) is 4.98 Å². The summed E-state index contributed by atoms with van der Waals surface area (Å²) in [5.74, 6) is 0.828. The number of aromatic nitrogens is 1.